The number of H-pyrrole nitrogens is 1. The van der Waals surface area contributed by atoms with E-state index in [9.17, 15) is 9.59 Å². The number of amides is 1. The molecule has 0 unspecified atom stereocenters. The summed E-state index contributed by atoms with van der Waals surface area (Å²) >= 11 is 0. The van der Waals surface area contributed by atoms with Crippen molar-refractivity contribution >= 4 is 5.91 Å². The Bertz CT molecular complexity index is 908. The fourth-order valence-corrected chi connectivity index (χ4v) is 2.90. The first kappa shape index (κ1) is 20.2. The topological polar surface area (TPSA) is 86.2 Å². The van der Waals surface area contributed by atoms with Crippen LogP contribution in [0.15, 0.2) is 29.1 Å². The smallest absolute Gasteiger partial charge is 0.266 e. The highest BCUT2D eigenvalue weighted by atomic mass is 16.5. The summed E-state index contributed by atoms with van der Waals surface area (Å²) in [6, 6.07) is 9.71. The average molecular weight is 367 g/mol. The average Bonchev–Trinajstić information content (AvgIpc) is 2.63. The quantitative estimate of drug-likeness (QED) is 0.815. The number of aromatic nitrogens is 1. The second kappa shape index (κ2) is 9.04. The lowest BCUT2D eigenvalue weighted by atomic mass is 9.99. The van der Waals surface area contributed by atoms with Crippen LogP contribution in [0.25, 0.3) is 0 Å². The molecule has 0 bridgehead atoms. The minimum atomic E-state index is -0.382. The number of aromatic amines is 1. The van der Waals surface area contributed by atoms with Gasteiger partial charge in [-0.15, -0.1) is 0 Å². The van der Waals surface area contributed by atoms with Gasteiger partial charge in [0.2, 0.25) is 5.91 Å². The van der Waals surface area contributed by atoms with Crippen LogP contribution in [-0.4, -0.2) is 36.0 Å². The van der Waals surface area contributed by atoms with Crippen LogP contribution < -0.4 is 10.3 Å². The summed E-state index contributed by atoms with van der Waals surface area (Å²) < 4.78 is 5.66. The minimum absolute atomic E-state index is 0.00832. The Kier molecular flexibility index (Phi) is 6.78. The van der Waals surface area contributed by atoms with Crippen molar-refractivity contribution in [1.29, 1.82) is 5.26 Å². The van der Waals surface area contributed by atoms with E-state index in [0.717, 1.165) is 11.3 Å². The van der Waals surface area contributed by atoms with Gasteiger partial charge in [0.1, 0.15) is 24.0 Å². The number of carbonyl (C=O) groups excluding carboxylic acids is 1. The van der Waals surface area contributed by atoms with Gasteiger partial charge in [0.15, 0.2) is 0 Å². The van der Waals surface area contributed by atoms with Crippen molar-refractivity contribution in [1.82, 2.24) is 9.88 Å². The largest absolute Gasteiger partial charge is 0.492 e. The number of benzene rings is 1. The molecule has 6 heteroatoms. The summed E-state index contributed by atoms with van der Waals surface area (Å²) in [5.74, 6) is 0.774. The molecule has 0 fully saturated rings. The summed E-state index contributed by atoms with van der Waals surface area (Å²) in [7, 11) is 1.74. The Labute approximate surface area is 159 Å². The Morgan fingerprint density at radius 3 is 2.52 bits per heavy atom. The standard InChI is InChI=1S/C21H25N3O3/c1-14-5-7-17(8-6-14)27-12-11-24(4)20(25)10-9-18-15(2)19(13-22)21(26)23-16(18)3/h5-8H,9-12H2,1-4H3,(H,23,26). The molecular formula is C21H25N3O3. The van der Waals surface area contributed by atoms with Gasteiger partial charge in [-0.05, 0) is 50.5 Å². The summed E-state index contributed by atoms with van der Waals surface area (Å²) in [5.41, 5.74) is 3.10. The van der Waals surface area contributed by atoms with Crippen molar-refractivity contribution in [3.63, 3.8) is 0 Å². The Morgan fingerprint density at radius 2 is 1.89 bits per heavy atom. The van der Waals surface area contributed by atoms with Crippen molar-refractivity contribution in [2.24, 2.45) is 0 Å². The number of nitrogens with zero attached hydrogens (tertiary/aromatic N) is 2. The zero-order chi connectivity index (χ0) is 20.0. The maximum atomic E-state index is 12.4. The summed E-state index contributed by atoms with van der Waals surface area (Å²) in [6.07, 6.45) is 0.782. The first-order valence-electron chi connectivity index (χ1n) is 8.89. The molecular weight excluding hydrogens is 342 g/mol. The molecule has 142 valence electrons. The second-order valence-corrected chi connectivity index (χ2v) is 6.65. The summed E-state index contributed by atoms with van der Waals surface area (Å²) in [6.45, 7) is 6.45. The molecule has 0 aliphatic heterocycles. The lowest BCUT2D eigenvalue weighted by Gasteiger charge is -2.18. The molecule has 0 saturated carbocycles. The number of hydrogen-bond acceptors (Lipinski definition) is 4. The van der Waals surface area contributed by atoms with Crippen LogP contribution >= 0.6 is 0 Å². The summed E-state index contributed by atoms with van der Waals surface area (Å²) in [5, 5.41) is 9.13. The van der Waals surface area contributed by atoms with Gasteiger partial charge in [0.25, 0.3) is 5.56 Å². The van der Waals surface area contributed by atoms with Crippen molar-refractivity contribution in [3.05, 3.63) is 62.6 Å². The maximum Gasteiger partial charge on any atom is 0.266 e. The number of nitrogens with one attached hydrogen (secondary N) is 1. The van der Waals surface area contributed by atoms with Gasteiger partial charge in [-0.25, -0.2) is 0 Å². The highest BCUT2D eigenvalue weighted by molar-refractivity contribution is 5.76. The third-order valence-corrected chi connectivity index (χ3v) is 4.65. The van der Waals surface area contributed by atoms with E-state index in [2.05, 4.69) is 4.98 Å². The van der Waals surface area contributed by atoms with Crippen molar-refractivity contribution < 1.29 is 9.53 Å². The van der Waals surface area contributed by atoms with E-state index >= 15 is 0 Å². The summed E-state index contributed by atoms with van der Waals surface area (Å²) in [4.78, 5) is 28.5. The number of aryl methyl sites for hydroxylation is 2. The van der Waals surface area contributed by atoms with E-state index in [1.807, 2.05) is 37.3 Å². The number of ether oxygens (including phenoxy) is 1. The number of hydrogen-bond donors (Lipinski definition) is 1. The van der Waals surface area contributed by atoms with Crippen molar-refractivity contribution in [2.45, 2.75) is 33.6 Å². The van der Waals surface area contributed by atoms with Gasteiger partial charge < -0.3 is 14.6 Å². The van der Waals surface area contributed by atoms with Crippen molar-refractivity contribution in [3.8, 4) is 11.8 Å². The fraction of sp³-hybridized carbons (Fsp3) is 0.381. The molecule has 2 aromatic rings. The maximum absolute atomic E-state index is 12.4. The van der Waals surface area contributed by atoms with E-state index in [4.69, 9.17) is 10.00 Å². The van der Waals surface area contributed by atoms with Crippen LogP contribution in [0.5, 0.6) is 5.75 Å². The molecule has 0 aliphatic carbocycles. The van der Waals surface area contributed by atoms with Crippen LogP contribution in [0.3, 0.4) is 0 Å². The number of pyridine rings is 1. The van der Waals surface area contributed by atoms with E-state index in [-0.39, 0.29) is 17.0 Å². The lowest BCUT2D eigenvalue weighted by Crippen LogP contribution is -2.31. The Balaban J connectivity index is 1.89. The fourth-order valence-electron chi connectivity index (χ4n) is 2.90. The van der Waals surface area contributed by atoms with E-state index in [1.54, 1.807) is 25.8 Å². The number of likely N-dealkylation sites (N-methyl/N-ethyl adjacent to an activating group) is 1. The molecule has 0 atom stereocenters. The van der Waals surface area contributed by atoms with Crippen LogP contribution in [0.4, 0.5) is 0 Å². The van der Waals surface area contributed by atoms with Gasteiger partial charge in [-0.2, -0.15) is 5.26 Å². The highest BCUT2D eigenvalue weighted by Gasteiger charge is 2.15. The monoisotopic (exact) mass is 367 g/mol. The molecule has 0 spiro atoms. The van der Waals surface area contributed by atoms with Gasteiger partial charge in [0.05, 0.1) is 6.54 Å². The number of rotatable bonds is 7. The molecule has 1 N–H and O–H groups in total. The number of nitriles is 1. The van der Waals surface area contributed by atoms with Crippen LogP contribution in [0.2, 0.25) is 0 Å². The molecule has 1 heterocycles. The van der Waals surface area contributed by atoms with E-state index in [0.29, 0.717) is 37.3 Å². The van der Waals surface area contributed by atoms with E-state index < -0.39 is 0 Å². The molecule has 0 saturated heterocycles. The Morgan fingerprint density at radius 1 is 1.22 bits per heavy atom. The zero-order valence-electron chi connectivity index (χ0n) is 16.3. The minimum Gasteiger partial charge on any atom is -0.492 e. The SMILES string of the molecule is Cc1ccc(OCCN(C)C(=O)CCc2c(C)[nH]c(=O)c(C#N)c2C)cc1. The molecule has 1 aromatic heterocycles. The first-order valence-corrected chi connectivity index (χ1v) is 8.89. The third kappa shape index (κ3) is 5.20. The first-order chi connectivity index (χ1) is 12.8. The molecule has 2 rings (SSSR count). The highest BCUT2D eigenvalue weighted by Crippen LogP contribution is 2.15. The molecule has 27 heavy (non-hydrogen) atoms. The number of carbonyl (C=O) groups is 1. The van der Waals surface area contributed by atoms with E-state index in [1.165, 1.54) is 5.56 Å². The molecule has 1 amide bonds. The Hall–Kier alpha value is -3.07. The van der Waals surface area contributed by atoms with Crippen molar-refractivity contribution in [2.75, 3.05) is 20.2 Å². The molecule has 0 aliphatic rings. The van der Waals surface area contributed by atoms with Crippen LogP contribution in [0.1, 0.15) is 34.4 Å². The predicted octanol–water partition coefficient (Wildman–Crippen LogP) is 2.64. The van der Waals surface area contributed by atoms with Gasteiger partial charge in [-0.1, -0.05) is 17.7 Å². The normalized spacial score (nSPS) is 10.3. The molecule has 1 aromatic carbocycles. The van der Waals surface area contributed by atoms with Crippen LogP contribution in [0, 0.1) is 32.1 Å². The second-order valence-electron chi connectivity index (χ2n) is 6.65. The predicted molar refractivity (Wildman–Crippen MR) is 104 cm³/mol. The van der Waals surface area contributed by atoms with Gasteiger partial charge >= 0.3 is 0 Å². The van der Waals surface area contributed by atoms with Crippen LogP contribution in [-0.2, 0) is 11.2 Å². The lowest BCUT2D eigenvalue weighted by molar-refractivity contribution is -0.130. The zero-order valence-corrected chi connectivity index (χ0v) is 16.3. The van der Waals surface area contributed by atoms with Gasteiger partial charge in [-0.3, -0.25) is 9.59 Å². The van der Waals surface area contributed by atoms with Gasteiger partial charge in [0, 0.05) is 19.2 Å². The molecule has 6 nitrogen and oxygen atoms in total. The molecule has 0 radical (unpaired) electrons. The third-order valence-electron chi connectivity index (χ3n) is 4.65.